The molecule has 0 unspecified atom stereocenters. The number of rotatable bonds is 2. The van der Waals surface area contributed by atoms with E-state index in [4.69, 9.17) is 0 Å². The van der Waals surface area contributed by atoms with E-state index in [-0.39, 0.29) is 17.9 Å². The molecule has 3 aromatic rings. The zero-order valence-corrected chi connectivity index (χ0v) is 13.6. The summed E-state index contributed by atoms with van der Waals surface area (Å²) in [6, 6.07) is 8.65. The van der Waals surface area contributed by atoms with Crippen molar-refractivity contribution in [3.05, 3.63) is 70.5 Å². The van der Waals surface area contributed by atoms with Gasteiger partial charge in [-0.3, -0.25) is 4.98 Å². The number of halogens is 2. The molecule has 2 atom stereocenters. The number of hydrogen-bond acceptors (Lipinski definition) is 4. The average molecular weight is 374 g/mol. The lowest BCUT2D eigenvalue weighted by atomic mass is 9.94. The first-order valence-corrected chi connectivity index (χ1v) is 8.03. The van der Waals surface area contributed by atoms with Crippen LogP contribution in [0.1, 0.15) is 29.6 Å². The summed E-state index contributed by atoms with van der Waals surface area (Å²) in [5.74, 6) is 0.378. The highest BCUT2D eigenvalue weighted by Gasteiger charge is 2.32. The zero-order chi connectivity index (χ0) is 15.8. The Morgan fingerprint density at radius 2 is 2.17 bits per heavy atom. The van der Waals surface area contributed by atoms with Gasteiger partial charge in [0.2, 0.25) is 5.95 Å². The first kappa shape index (κ1) is 14.3. The largest absolute Gasteiger partial charge is 0.347 e. The summed E-state index contributed by atoms with van der Waals surface area (Å²) in [7, 11) is 0. The molecule has 2 aromatic heterocycles. The fourth-order valence-corrected chi connectivity index (χ4v) is 3.60. The van der Waals surface area contributed by atoms with Crippen LogP contribution in [-0.2, 0) is 0 Å². The van der Waals surface area contributed by atoms with Crippen LogP contribution in [0, 0.1) is 5.82 Å². The molecule has 1 N–H and O–H groups in total. The van der Waals surface area contributed by atoms with Crippen LogP contribution in [0.2, 0.25) is 0 Å². The standard InChI is InChI=1S/C16H13BrFN5/c17-11-4-1-5-12(18)15(11)14-7-13(10-3-2-6-19-8-10)22-16-20-9-21-23(14)16/h1-6,8-9,13-14H,7H2,(H,20,21,22)/t13-,14-/m1/s1. The molecule has 0 amide bonds. The number of pyridine rings is 1. The van der Waals surface area contributed by atoms with Gasteiger partial charge in [0.05, 0.1) is 12.1 Å². The van der Waals surface area contributed by atoms with Gasteiger partial charge in [-0.1, -0.05) is 28.1 Å². The van der Waals surface area contributed by atoms with Crippen LogP contribution in [0.25, 0.3) is 0 Å². The molecule has 0 saturated carbocycles. The molecule has 1 aliphatic heterocycles. The molecule has 4 rings (SSSR count). The summed E-state index contributed by atoms with van der Waals surface area (Å²) in [6.07, 6.45) is 5.69. The van der Waals surface area contributed by atoms with E-state index in [1.54, 1.807) is 16.9 Å². The second kappa shape index (κ2) is 5.73. The molecule has 0 radical (unpaired) electrons. The van der Waals surface area contributed by atoms with Gasteiger partial charge < -0.3 is 5.32 Å². The van der Waals surface area contributed by atoms with Gasteiger partial charge in [-0.25, -0.2) is 9.07 Å². The number of aromatic nitrogens is 4. The molecule has 0 bridgehead atoms. The number of anilines is 1. The van der Waals surface area contributed by atoms with Crippen LogP contribution in [0.5, 0.6) is 0 Å². The SMILES string of the molecule is Fc1cccc(Br)c1[C@H]1C[C@H](c2cccnc2)Nc2ncnn21. The third-order valence-electron chi connectivity index (χ3n) is 4.05. The second-order valence-corrected chi connectivity index (χ2v) is 6.25. The Kier molecular flexibility index (Phi) is 3.57. The van der Waals surface area contributed by atoms with Crippen LogP contribution in [0.4, 0.5) is 10.3 Å². The summed E-state index contributed by atoms with van der Waals surface area (Å²) < 4.78 is 16.9. The lowest BCUT2D eigenvalue weighted by Crippen LogP contribution is -2.28. The molecule has 1 aromatic carbocycles. The van der Waals surface area contributed by atoms with Crippen molar-refractivity contribution in [3.8, 4) is 0 Å². The first-order chi connectivity index (χ1) is 11.2. The van der Waals surface area contributed by atoms with Gasteiger partial charge in [0.1, 0.15) is 12.1 Å². The predicted molar refractivity (Wildman–Crippen MR) is 87.5 cm³/mol. The predicted octanol–water partition coefficient (Wildman–Crippen LogP) is 3.72. The van der Waals surface area contributed by atoms with Crippen molar-refractivity contribution in [3.63, 3.8) is 0 Å². The summed E-state index contributed by atoms with van der Waals surface area (Å²) in [5.41, 5.74) is 1.63. The Bertz CT molecular complexity index is 815. The van der Waals surface area contributed by atoms with Crippen molar-refractivity contribution in [2.75, 3.05) is 5.32 Å². The van der Waals surface area contributed by atoms with Gasteiger partial charge in [0.25, 0.3) is 0 Å². The van der Waals surface area contributed by atoms with Gasteiger partial charge in [-0.05, 0) is 30.2 Å². The zero-order valence-electron chi connectivity index (χ0n) is 12.0. The van der Waals surface area contributed by atoms with Gasteiger partial charge in [-0.15, -0.1) is 0 Å². The summed E-state index contributed by atoms with van der Waals surface area (Å²) in [4.78, 5) is 8.42. The molecular weight excluding hydrogens is 361 g/mol. The Balaban J connectivity index is 1.80. The van der Waals surface area contributed by atoms with E-state index in [1.165, 1.54) is 12.4 Å². The van der Waals surface area contributed by atoms with Crippen LogP contribution in [0.3, 0.4) is 0 Å². The van der Waals surface area contributed by atoms with E-state index < -0.39 is 0 Å². The maximum Gasteiger partial charge on any atom is 0.222 e. The second-order valence-electron chi connectivity index (χ2n) is 5.40. The van der Waals surface area contributed by atoms with Crippen molar-refractivity contribution in [1.82, 2.24) is 19.7 Å². The highest BCUT2D eigenvalue weighted by Crippen LogP contribution is 2.40. The highest BCUT2D eigenvalue weighted by molar-refractivity contribution is 9.10. The Morgan fingerprint density at radius 1 is 1.26 bits per heavy atom. The summed E-state index contributed by atoms with van der Waals surface area (Å²) >= 11 is 3.46. The minimum Gasteiger partial charge on any atom is -0.347 e. The van der Waals surface area contributed by atoms with Gasteiger partial charge in [0, 0.05) is 22.4 Å². The van der Waals surface area contributed by atoms with Gasteiger partial charge in [0.15, 0.2) is 0 Å². The van der Waals surface area contributed by atoms with Crippen LogP contribution in [0.15, 0.2) is 53.5 Å². The Labute approximate surface area is 140 Å². The maximum atomic E-state index is 14.4. The average Bonchev–Trinajstić information content (AvgIpc) is 3.04. The van der Waals surface area contributed by atoms with E-state index in [2.05, 4.69) is 36.3 Å². The van der Waals surface area contributed by atoms with Gasteiger partial charge in [-0.2, -0.15) is 10.1 Å². The molecule has 0 aliphatic carbocycles. The highest BCUT2D eigenvalue weighted by atomic mass is 79.9. The fraction of sp³-hybridized carbons (Fsp3) is 0.188. The number of nitrogens with zero attached hydrogens (tertiary/aromatic N) is 4. The minimum atomic E-state index is -0.252. The lowest BCUT2D eigenvalue weighted by molar-refractivity contribution is 0.414. The van der Waals surface area contributed by atoms with Crippen LogP contribution >= 0.6 is 15.9 Å². The molecule has 0 fully saturated rings. The van der Waals surface area contributed by atoms with E-state index in [0.29, 0.717) is 17.9 Å². The normalized spacial score (nSPS) is 19.9. The molecule has 0 saturated heterocycles. The van der Waals surface area contributed by atoms with Crippen molar-refractivity contribution in [1.29, 1.82) is 0 Å². The number of fused-ring (bicyclic) bond motifs is 1. The Morgan fingerprint density at radius 3 is 2.96 bits per heavy atom. The third-order valence-corrected chi connectivity index (χ3v) is 4.74. The lowest BCUT2D eigenvalue weighted by Gasteiger charge is -2.32. The maximum absolute atomic E-state index is 14.4. The summed E-state index contributed by atoms with van der Waals surface area (Å²) in [5, 5.41) is 7.61. The van der Waals surface area contributed by atoms with E-state index >= 15 is 0 Å². The smallest absolute Gasteiger partial charge is 0.222 e. The monoisotopic (exact) mass is 373 g/mol. The molecule has 1 aliphatic rings. The van der Waals surface area contributed by atoms with E-state index in [1.807, 2.05) is 24.4 Å². The molecule has 23 heavy (non-hydrogen) atoms. The fourth-order valence-electron chi connectivity index (χ4n) is 2.99. The van der Waals surface area contributed by atoms with Crippen LogP contribution in [-0.4, -0.2) is 19.7 Å². The number of hydrogen-bond donors (Lipinski definition) is 1. The summed E-state index contributed by atoms with van der Waals surface area (Å²) in [6.45, 7) is 0. The molecule has 5 nitrogen and oxygen atoms in total. The van der Waals surface area contributed by atoms with Gasteiger partial charge >= 0.3 is 0 Å². The number of nitrogens with one attached hydrogen (secondary N) is 1. The van der Waals surface area contributed by atoms with E-state index in [0.717, 1.165) is 10.0 Å². The minimum absolute atomic E-state index is 0.00286. The van der Waals surface area contributed by atoms with Crippen LogP contribution < -0.4 is 5.32 Å². The van der Waals surface area contributed by atoms with Crippen molar-refractivity contribution < 1.29 is 4.39 Å². The van der Waals surface area contributed by atoms with Crippen molar-refractivity contribution in [2.24, 2.45) is 0 Å². The number of benzene rings is 1. The first-order valence-electron chi connectivity index (χ1n) is 7.24. The quantitative estimate of drug-likeness (QED) is 0.743. The molecule has 3 heterocycles. The topological polar surface area (TPSA) is 55.6 Å². The Hall–Kier alpha value is -2.28. The molecule has 116 valence electrons. The molecule has 0 spiro atoms. The van der Waals surface area contributed by atoms with E-state index in [9.17, 15) is 4.39 Å². The molecule has 7 heteroatoms. The van der Waals surface area contributed by atoms with Crippen molar-refractivity contribution >= 4 is 21.9 Å². The third kappa shape index (κ3) is 2.50. The molecular formula is C16H13BrFN5. The van der Waals surface area contributed by atoms with Crippen molar-refractivity contribution in [2.45, 2.75) is 18.5 Å².